The van der Waals surface area contributed by atoms with E-state index in [1.165, 1.54) is 6.07 Å². The molecule has 0 N–H and O–H groups in total. The van der Waals surface area contributed by atoms with Gasteiger partial charge in [-0.05, 0) is 66.3 Å². The fourth-order valence-electron chi connectivity index (χ4n) is 4.90. The standard InChI is InChI=1S/C32H27F9N2/c1-4-6-20-12-15-26(31(36,37)38)42-27(20)25-16-21(7-5-2)28(43-29(25)32(39,40)41)24-17-22(30(33,34)35)13-14-23(24)19-10-8-18(3)9-11-19/h8-17H,4-7H2,1-3H3. The predicted molar refractivity (Wildman–Crippen MR) is 146 cm³/mol. The highest BCUT2D eigenvalue weighted by Gasteiger charge is 2.40. The zero-order chi connectivity index (χ0) is 31.7. The van der Waals surface area contributed by atoms with Crippen LogP contribution >= 0.6 is 0 Å². The molecule has 2 heterocycles. The van der Waals surface area contributed by atoms with E-state index in [9.17, 15) is 39.5 Å². The summed E-state index contributed by atoms with van der Waals surface area (Å²) in [7, 11) is 0. The maximum Gasteiger partial charge on any atom is 0.434 e. The van der Waals surface area contributed by atoms with Crippen LogP contribution in [-0.2, 0) is 31.4 Å². The number of alkyl halides is 9. The number of hydrogen-bond acceptors (Lipinski definition) is 2. The minimum atomic E-state index is -5.17. The number of nitrogens with zero attached hydrogens (tertiary/aromatic N) is 2. The fraction of sp³-hybridized carbons (Fsp3) is 0.312. The minimum absolute atomic E-state index is 0.0964. The van der Waals surface area contributed by atoms with Crippen LogP contribution in [0.2, 0.25) is 0 Å². The summed E-state index contributed by atoms with van der Waals surface area (Å²) >= 11 is 0. The summed E-state index contributed by atoms with van der Waals surface area (Å²) in [6, 6.07) is 12.4. The van der Waals surface area contributed by atoms with Gasteiger partial charge in [0.25, 0.3) is 0 Å². The first-order valence-electron chi connectivity index (χ1n) is 13.5. The molecular weight excluding hydrogens is 583 g/mol. The first kappa shape index (κ1) is 32.0. The molecule has 0 atom stereocenters. The molecule has 4 aromatic rings. The van der Waals surface area contributed by atoms with Gasteiger partial charge in [-0.2, -0.15) is 39.5 Å². The molecule has 0 fully saturated rings. The molecule has 0 aliphatic carbocycles. The average molecular weight is 611 g/mol. The molecule has 0 spiro atoms. The first-order chi connectivity index (χ1) is 20.0. The number of rotatable bonds is 7. The van der Waals surface area contributed by atoms with Crippen molar-refractivity contribution in [2.24, 2.45) is 0 Å². The van der Waals surface area contributed by atoms with E-state index >= 15 is 0 Å². The third-order valence-electron chi connectivity index (χ3n) is 6.90. The van der Waals surface area contributed by atoms with Gasteiger partial charge in [0.1, 0.15) is 5.69 Å². The van der Waals surface area contributed by atoms with Crippen LogP contribution in [0, 0.1) is 6.92 Å². The number of pyridine rings is 2. The van der Waals surface area contributed by atoms with Crippen molar-refractivity contribution in [2.45, 2.75) is 65.0 Å². The van der Waals surface area contributed by atoms with Gasteiger partial charge in [0.2, 0.25) is 0 Å². The molecule has 2 nitrogen and oxygen atoms in total. The van der Waals surface area contributed by atoms with Crippen molar-refractivity contribution < 1.29 is 39.5 Å². The summed E-state index contributed by atoms with van der Waals surface area (Å²) in [6.45, 7) is 5.25. The van der Waals surface area contributed by atoms with Crippen LogP contribution in [-0.4, -0.2) is 9.97 Å². The Morgan fingerprint density at radius 3 is 1.72 bits per heavy atom. The SMILES string of the molecule is CCCc1cc(-c2nc(C(F)(F)F)ccc2CCC)c(C(F)(F)F)nc1-c1cc(C(F)(F)F)ccc1-c1ccc(C)cc1. The number of benzene rings is 2. The van der Waals surface area contributed by atoms with Gasteiger partial charge >= 0.3 is 18.5 Å². The van der Waals surface area contributed by atoms with Crippen molar-refractivity contribution in [3.05, 3.63) is 94.3 Å². The molecule has 0 unspecified atom stereocenters. The topological polar surface area (TPSA) is 25.8 Å². The predicted octanol–water partition coefficient (Wildman–Crippen LogP) is 10.7. The van der Waals surface area contributed by atoms with Crippen molar-refractivity contribution in [3.63, 3.8) is 0 Å². The van der Waals surface area contributed by atoms with Crippen molar-refractivity contribution in [1.29, 1.82) is 0 Å². The molecular formula is C32H27F9N2. The molecule has 0 amide bonds. The highest BCUT2D eigenvalue weighted by molar-refractivity contribution is 5.85. The van der Waals surface area contributed by atoms with Crippen LogP contribution in [0.25, 0.3) is 33.6 Å². The molecule has 11 heteroatoms. The van der Waals surface area contributed by atoms with Crippen molar-refractivity contribution in [2.75, 3.05) is 0 Å². The third kappa shape index (κ3) is 7.02. The summed E-state index contributed by atoms with van der Waals surface area (Å²) in [5.41, 5.74) is -3.78. The Balaban J connectivity index is 2.11. The number of aromatic nitrogens is 2. The maximum absolute atomic E-state index is 14.6. The number of hydrogen-bond donors (Lipinski definition) is 0. The summed E-state index contributed by atoms with van der Waals surface area (Å²) in [6.07, 6.45) is -13.9. The van der Waals surface area contributed by atoms with Crippen LogP contribution < -0.4 is 0 Å². The Hall–Kier alpha value is -3.89. The van der Waals surface area contributed by atoms with E-state index in [2.05, 4.69) is 9.97 Å². The van der Waals surface area contributed by atoms with Crippen LogP contribution in [0.4, 0.5) is 39.5 Å². The Labute approximate surface area is 242 Å². The van der Waals surface area contributed by atoms with Crippen LogP contribution in [0.3, 0.4) is 0 Å². The highest BCUT2D eigenvalue weighted by Crippen LogP contribution is 2.44. The second kappa shape index (κ2) is 12.0. The normalized spacial score (nSPS) is 12.6. The monoisotopic (exact) mass is 610 g/mol. The van der Waals surface area contributed by atoms with E-state index < -0.39 is 46.7 Å². The van der Waals surface area contributed by atoms with Gasteiger partial charge in [-0.25, -0.2) is 9.97 Å². The zero-order valence-corrected chi connectivity index (χ0v) is 23.4. The molecule has 0 aliphatic heterocycles. The van der Waals surface area contributed by atoms with Crippen LogP contribution in [0.15, 0.2) is 60.7 Å². The quantitative estimate of drug-likeness (QED) is 0.195. The van der Waals surface area contributed by atoms with Crippen molar-refractivity contribution >= 4 is 0 Å². The van der Waals surface area contributed by atoms with Gasteiger partial charge < -0.3 is 0 Å². The second-order valence-electron chi connectivity index (χ2n) is 10.2. The first-order valence-corrected chi connectivity index (χ1v) is 13.5. The lowest BCUT2D eigenvalue weighted by Crippen LogP contribution is -2.15. The minimum Gasteiger partial charge on any atom is -0.243 e. The molecule has 228 valence electrons. The van der Waals surface area contributed by atoms with E-state index in [-0.39, 0.29) is 40.8 Å². The van der Waals surface area contributed by atoms with Gasteiger partial charge in [-0.15, -0.1) is 0 Å². The van der Waals surface area contributed by atoms with E-state index in [1.807, 2.05) is 0 Å². The Morgan fingerprint density at radius 2 is 1.16 bits per heavy atom. The van der Waals surface area contributed by atoms with Gasteiger partial charge in [0, 0.05) is 11.1 Å². The molecule has 0 aliphatic rings. The fourth-order valence-corrected chi connectivity index (χ4v) is 4.90. The Bertz CT molecular complexity index is 1600. The summed E-state index contributed by atoms with van der Waals surface area (Å²) in [4.78, 5) is 7.53. The van der Waals surface area contributed by atoms with E-state index in [0.29, 0.717) is 24.5 Å². The number of halogens is 9. The Morgan fingerprint density at radius 1 is 0.558 bits per heavy atom. The second-order valence-corrected chi connectivity index (χ2v) is 10.2. The largest absolute Gasteiger partial charge is 0.434 e. The van der Waals surface area contributed by atoms with Crippen molar-refractivity contribution in [3.8, 4) is 33.6 Å². The van der Waals surface area contributed by atoms with Gasteiger partial charge in [0.15, 0.2) is 5.69 Å². The van der Waals surface area contributed by atoms with Gasteiger partial charge in [0.05, 0.1) is 17.0 Å². The molecule has 0 radical (unpaired) electrons. The maximum atomic E-state index is 14.6. The zero-order valence-electron chi connectivity index (χ0n) is 23.4. The van der Waals surface area contributed by atoms with E-state index in [4.69, 9.17) is 0 Å². The lowest BCUT2D eigenvalue weighted by Gasteiger charge is -2.21. The van der Waals surface area contributed by atoms with Crippen molar-refractivity contribution in [1.82, 2.24) is 9.97 Å². The van der Waals surface area contributed by atoms with Crippen LogP contribution in [0.5, 0.6) is 0 Å². The molecule has 0 saturated heterocycles. The van der Waals surface area contributed by atoms with Crippen LogP contribution in [0.1, 0.15) is 60.3 Å². The third-order valence-corrected chi connectivity index (χ3v) is 6.90. The average Bonchev–Trinajstić information content (AvgIpc) is 2.92. The molecule has 0 bridgehead atoms. The van der Waals surface area contributed by atoms with E-state index in [0.717, 1.165) is 29.8 Å². The highest BCUT2D eigenvalue weighted by atomic mass is 19.4. The summed E-state index contributed by atoms with van der Waals surface area (Å²) in [5, 5.41) is 0. The molecule has 4 rings (SSSR count). The molecule has 43 heavy (non-hydrogen) atoms. The van der Waals surface area contributed by atoms with E-state index in [1.54, 1.807) is 45.0 Å². The lowest BCUT2D eigenvalue weighted by atomic mass is 9.90. The van der Waals surface area contributed by atoms with Gasteiger partial charge in [-0.3, -0.25) is 0 Å². The smallest absolute Gasteiger partial charge is 0.243 e. The summed E-state index contributed by atoms with van der Waals surface area (Å²) < 4.78 is 126. The van der Waals surface area contributed by atoms with Gasteiger partial charge in [-0.1, -0.05) is 68.7 Å². The lowest BCUT2D eigenvalue weighted by molar-refractivity contribution is -0.141. The summed E-state index contributed by atoms with van der Waals surface area (Å²) in [5.74, 6) is 0. The Kier molecular flexibility index (Phi) is 8.95. The molecule has 0 saturated carbocycles. The molecule has 2 aromatic heterocycles. The molecule has 2 aromatic carbocycles. The number of aryl methyl sites for hydroxylation is 3.